The van der Waals surface area contributed by atoms with E-state index in [1.165, 1.54) is 43.9 Å². The van der Waals surface area contributed by atoms with E-state index in [0.29, 0.717) is 22.9 Å². The first kappa shape index (κ1) is 19.4. The SMILES string of the molecule is COc1ccc(F)c(/C=N/NC(=O)c2cncc(-c3ccc(OC4CC4)nc3)n2)c1. The zero-order chi connectivity index (χ0) is 20.9. The highest BCUT2D eigenvalue weighted by atomic mass is 19.1. The van der Waals surface area contributed by atoms with Crippen molar-refractivity contribution in [2.45, 2.75) is 18.9 Å². The number of rotatable bonds is 7. The van der Waals surface area contributed by atoms with Gasteiger partial charge in [-0.3, -0.25) is 9.78 Å². The number of nitrogens with zero attached hydrogens (tertiary/aromatic N) is 4. The summed E-state index contributed by atoms with van der Waals surface area (Å²) in [5.74, 6) is -0.0325. The summed E-state index contributed by atoms with van der Waals surface area (Å²) in [6.45, 7) is 0. The molecule has 1 fully saturated rings. The van der Waals surface area contributed by atoms with Gasteiger partial charge in [-0.2, -0.15) is 5.10 Å². The van der Waals surface area contributed by atoms with Gasteiger partial charge in [-0.05, 0) is 37.1 Å². The van der Waals surface area contributed by atoms with E-state index < -0.39 is 11.7 Å². The van der Waals surface area contributed by atoms with Gasteiger partial charge >= 0.3 is 0 Å². The van der Waals surface area contributed by atoms with Crippen molar-refractivity contribution in [3.63, 3.8) is 0 Å². The summed E-state index contributed by atoms with van der Waals surface area (Å²) in [4.78, 5) is 24.9. The molecule has 0 saturated heterocycles. The first-order valence-electron chi connectivity index (χ1n) is 9.24. The first-order chi connectivity index (χ1) is 14.6. The van der Waals surface area contributed by atoms with E-state index in [9.17, 15) is 9.18 Å². The Hall–Kier alpha value is -3.88. The van der Waals surface area contributed by atoms with E-state index in [1.807, 2.05) is 0 Å². The van der Waals surface area contributed by atoms with Gasteiger partial charge in [0, 0.05) is 23.4 Å². The Morgan fingerprint density at radius 1 is 1.23 bits per heavy atom. The third-order valence-corrected chi connectivity index (χ3v) is 4.28. The number of amides is 1. The van der Waals surface area contributed by atoms with Crippen molar-refractivity contribution in [1.29, 1.82) is 0 Å². The minimum Gasteiger partial charge on any atom is -0.497 e. The lowest BCUT2D eigenvalue weighted by atomic mass is 10.2. The van der Waals surface area contributed by atoms with E-state index in [1.54, 1.807) is 18.3 Å². The summed E-state index contributed by atoms with van der Waals surface area (Å²) >= 11 is 0. The van der Waals surface area contributed by atoms with Crippen molar-refractivity contribution in [2.24, 2.45) is 5.10 Å². The standard InChI is InChI=1S/C21H18FN5O3/c1-29-16-5-6-17(22)14(8-16)10-25-27-21(28)19-12-23-11-18(26-19)13-2-7-20(24-9-13)30-15-3-4-15/h2,5-12,15H,3-4H2,1H3,(H,27,28)/b25-10+. The summed E-state index contributed by atoms with van der Waals surface area (Å²) < 4.78 is 24.5. The topological polar surface area (TPSA) is 98.6 Å². The van der Waals surface area contributed by atoms with Gasteiger partial charge in [0.05, 0.1) is 31.4 Å². The van der Waals surface area contributed by atoms with Crippen molar-refractivity contribution in [1.82, 2.24) is 20.4 Å². The van der Waals surface area contributed by atoms with Gasteiger partial charge in [-0.15, -0.1) is 0 Å². The first-order valence-corrected chi connectivity index (χ1v) is 9.24. The fraction of sp³-hybridized carbons (Fsp3) is 0.190. The second-order valence-electron chi connectivity index (χ2n) is 6.58. The lowest BCUT2D eigenvalue weighted by Gasteiger charge is -2.05. The molecular weight excluding hydrogens is 389 g/mol. The molecule has 30 heavy (non-hydrogen) atoms. The molecule has 0 unspecified atom stereocenters. The number of hydrazone groups is 1. The summed E-state index contributed by atoms with van der Waals surface area (Å²) in [5, 5.41) is 3.78. The van der Waals surface area contributed by atoms with Crippen molar-refractivity contribution >= 4 is 12.1 Å². The van der Waals surface area contributed by atoms with Crippen LogP contribution in [0.2, 0.25) is 0 Å². The molecule has 0 spiro atoms. The molecule has 1 aliphatic rings. The van der Waals surface area contributed by atoms with Crippen LogP contribution in [0.25, 0.3) is 11.3 Å². The molecule has 0 atom stereocenters. The molecule has 152 valence electrons. The van der Waals surface area contributed by atoms with E-state index in [-0.39, 0.29) is 17.4 Å². The van der Waals surface area contributed by atoms with E-state index >= 15 is 0 Å². The Morgan fingerprint density at radius 2 is 2.10 bits per heavy atom. The number of benzene rings is 1. The third kappa shape index (κ3) is 4.75. The van der Waals surface area contributed by atoms with Crippen LogP contribution in [0.4, 0.5) is 4.39 Å². The molecule has 2 aromatic heterocycles. The highest BCUT2D eigenvalue weighted by Gasteiger charge is 2.23. The van der Waals surface area contributed by atoms with Crippen LogP contribution in [0.3, 0.4) is 0 Å². The number of aromatic nitrogens is 3. The fourth-order valence-corrected chi connectivity index (χ4v) is 2.54. The van der Waals surface area contributed by atoms with Crippen molar-refractivity contribution in [3.05, 3.63) is 66.0 Å². The molecule has 0 radical (unpaired) electrons. The summed E-state index contributed by atoms with van der Waals surface area (Å²) in [6, 6.07) is 7.78. The largest absolute Gasteiger partial charge is 0.497 e. The number of methoxy groups -OCH3 is 1. The van der Waals surface area contributed by atoms with Crippen LogP contribution < -0.4 is 14.9 Å². The average molecular weight is 407 g/mol. The minimum absolute atomic E-state index is 0.0640. The number of pyridine rings is 1. The number of nitrogens with one attached hydrogen (secondary N) is 1. The number of ether oxygens (including phenoxy) is 2. The van der Waals surface area contributed by atoms with Crippen molar-refractivity contribution in [3.8, 4) is 22.9 Å². The summed E-state index contributed by atoms with van der Waals surface area (Å²) in [5.41, 5.74) is 3.73. The maximum atomic E-state index is 13.8. The number of halogens is 1. The second kappa shape index (κ2) is 8.64. The molecule has 0 bridgehead atoms. The van der Waals surface area contributed by atoms with Crippen LogP contribution in [0.5, 0.6) is 11.6 Å². The molecule has 4 rings (SSSR count). The third-order valence-electron chi connectivity index (χ3n) is 4.28. The van der Waals surface area contributed by atoms with Crippen LogP contribution in [-0.2, 0) is 0 Å². The molecule has 8 nitrogen and oxygen atoms in total. The highest BCUT2D eigenvalue weighted by Crippen LogP contribution is 2.26. The smallest absolute Gasteiger partial charge is 0.291 e. The van der Waals surface area contributed by atoms with Gasteiger partial charge in [0.1, 0.15) is 23.4 Å². The normalized spacial score (nSPS) is 13.3. The van der Waals surface area contributed by atoms with Crippen LogP contribution in [0.15, 0.2) is 54.0 Å². The van der Waals surface area contributed by atoms with Gasteiger partial charge in [0.15, 0.2) is 0 Å². The van der Waals surface area contributed by atoms with E-state index in [0.717, 1.165) is 12.8 Å². The van der Waals surface area contributed by atoms with Gasteiger partial charge in [0.2, 0.25) is 5.88 Å². The highest BCUT2D eigenvalue weighted by molar-refractivity contribution is 5.93. The molecule has 1 saturated carbocycles. The number of carbonyl (C=O) groups excluding carboxylic acids is 1. The Labute approximate surface area is 171 Å². The quantitative estimate of drug-likeness (QED) is 0.478. The van der Waals surface area contributed by atoms with Gasteiger partial charge in [-0.25, -0.2) is 19.8 Å². The Bertz CT molecular complexity index is 1080. The zero-order valence-corrected chi connectivity index (χ0v) is 16.1. The molecule has 1 amide bonds. The predicted molar refractivity (Wildman–Crippen MR) is 107 cm³/mol. The predicted octanol–water partition coefficient (Wildman–Crippen LogP) is 2.99. The van der Waals surface area contributed by atoms with E-state index in [4.69, 9.17) is 9.47 Å². The van der Waals surface area contributed by atoms with E-state index in [2.05, 4.69) is 25.5 Å². The van der Waals surface area contributed by atoms with Gasteiger partial charge in [-0.1, -0.05) is 0 Å². The minimum atomic E-state index is -0.578. The van der Waals surface area contributed by atoms with Gasteiger partial charge < -0.3 is 9.47 Å². The van der Waals surface area contributed by atoms with Gasteiger partial charge in [0.25, 0.3) is 5.91 Å². The Balaban J connectivity index is 1.43. The van der Waals surface area contributed by atoms with Crippen molar-refractivity contribution in [2.75, 3.05) is 7.11 Å². The molecule has 1 aliphatic carbocycles. The number of hydrogen-bond donors (Lipinski definition) is 1. The lowest BCUT2D eigenvalue weighted by Crippen LogP contribution is -2.19. The maximum absolute atomic E-state index is 13.8. The molecular formula is C21H18FN5O3. The molecule has 0 aliphatic heterocycles. The van der Waals surface area contributed by atoms with Crippen LogP contribution in [0, 0.1) is 5.82 Å². The number of carbonyl (C=O) groups is 1. The number of hydrogen-bond acceptors (Lipinski definition) is 7. The summed E-state index contributed by atoms with van der Waals surface area (Å²) in [6.07, 6.45) is 8.03. The molecule has 1 N–H and O–H groups in total. The van der Waals surface area contributed by atoms with Crippen LogP contribution in [0.1, 0.15) is 28.9 Å². The van der Waals surface area contributed by atoms with Crippen LogP contribution in [-0.4, -0.2) is 40.3 Å². The second-order valence-corrected chi connectivity index (χ2v) is 6.58. The summed E-state index contributed by atoms with van der Waals surface area (Å²) in [7, 11) is 1.48. The average Bonchev–Trinajstić information content (AvgIpc) is 3.59. The monoisotopic (exact) mass is 407 g/mol. The lowest BCUT2D eigenvalue weighted by molar-refractivity contribution is 0.0950. The molecule has 2 heterocycles. The zero-order valence-electron chi connectivity index (χ0n) is 16.1. The van der Waals surface area contributed by atoms with Crippen LogP contribution >= 0.6 is 0 Å². The molecule has 9 heteroatoms. The molecule has 3 aromatic rings. The van der Waals surface area contributed by atoms with Crippen molar-refractivity contribution < 1.29 is 18.7 Å². The fourth-order valence-electron chi connectivity index (χ4n) is 2.54. The maximum Gasteiger partial charge on any atom is 0.291 e. The Kier molecular flexibility index (Phi) is 5.60. The Morgan fingerprint density at radius 3 is 2.83 bits per heavy atom. The molecule has 1 aromatic carbocycles.